The highest BCUT2D eigenvalue weighted by molar-refractivity contribution is 5.81. The normalized spacial score (nSPS) is 17.6. The van der Waals surface area contributed by atoms with Crippen molar-refractivity contribution in [1.82, 2.24) is 34.4 Å². The number of rotatable bonds is 5. The first kappa shape index (κ1) is 22.7. The Morgan fingerprint density at radius 2 is 1.89 bits per heavy atom. The number of carbonyl (C=O) groups excluding carboxylic acids is 1. The van der Waals surface area contributed by atoms with E-state index in [1.54, 1.807) is 4.68 Å². The van der Waals surface area contributed by atoms with Gasteiger partial charge in [-0.25, -0.2) is 9.67 Å². The van der Waals surface area contributed by atoms with Crippen LogP contribution < -0.4 is 5.56 Å². The van der Waals surface area contributed by atoms with E-state index in [0.29, 0.717) is 37.0 Å². The van der Waals surface area contributed by atoms with Crippen molar-refractivity contribution in [1.29, 1.82) is 0 Å². The fraction of sp³-hybridized carbons (Fsp3) is 0.423. The van der Waals surface area contributed by atoms with Gasteiger partial charge in [0.1, 0.15) is 11.7 Å². The summed E-state index contributed by atoms with van der Waals surface area (Å²) in [4.78, 5) is 31.9. The summed E-state index contributed by atoms with van der Waals surface area (Å²) in [5, 5.41) is 23.2. The van der Waals surface area contributed by atoms with E-state index < -0.39 is 5.60 Å². The van der Waals surface area contributed by atoms with Gasteiger partial charge in [-0.1, -0.05) is 12.1 Å². The van der Waals surface area contributed by atoms with Crippen LogP contribution in [0.2, 0.25) is 0 Å². The molecule has 4 aromatic rings. The molecular weight excluding hydrogens is 458 g/mol. The number of aromatic amines is 1. The molecule has 1 aliphatic heterocycles. The summed E-state index contributed by atoms with van der Waals surface area (Å²) in [5.41, 5.74) is 4.05. The number of H-pyrrole nitrogens is 1. The molecule has 0 atom stereocenters. The number of benzene rings is 1. The standard InChI is InChI=1S/C26H29N7O3/c1-16-22(17(2)30-29-16)18-5-7-20(8-6-18)33-23-21(13-28-33)25(35)32(15-27-23)14-26(36)9-11-31(12-10-26)24(34)19-3-4-19/h5-8,13,15,19,36H,3-4,9-12,14H2,1-2H3,(H,29,30). The lowest BCUT2D eigenvalue weighted by Gasteiger charge is -2.38. The lowest BCUT2D eigenvalue weighted by atomic mass is 9.91. The second kappa shape index (κ2) is 8.41. The first-order chi connectivity index (χ1) is 17.3. The molecule has 2 aliphatic rings. The number of amides is 1. The van der Waals surface area contributed by atoms with E-state index in [-0.39, 0.29) is 23.9 Å². The highest BCUT2D eigenvalue weighted by Gasteiger charge is 2.39. The number of aryl methyl sites for hydroxylation is 2. The van der Waals surface area contributed by atoms with Gasteiger partial charge in [-0.3, -0.25) is 19.3 Å². The summed E-state index contributed by atoms with van der Waals surface area (Å²) < 4.78 is 3.11. The van der Waals surface area contributed by atoms with Crippen molar-refractivity contribution in [3.63, 3.8) is 0 Å². The zero-order chi connectivity index (χ0) is 25.0. The van der Waals surface area contributed by atoms with Gasteiger partial charge in [0.2, 0.25) is 5.91 Å². The molecule has 1 saturated heterocycles. The predicted octanol–water partition coefficient (Wildman–Crippen LogP) is 2.35. The molecule has 3 aromatic heterocycles. The fourth-order valence-electron chi connectivity index (χ4n) is 5.20. The lowest BCUT2D eigenvalue weighted by molar-refractivity contribution is -0.137. The molecule has 0 spiro atoms. The Kier molecular flexibility index (Phi) is 5.29. The molecule has 4 heterocycles. The van der Waals surface area contributed by atoms with Crippen molar-refractivity contribution in [2.45, 2.75) is 51.7 Å². The number of hydrogen-bond donors (Lipinski definition) is 2. The molecule has 6 rings (SSSR count). The van der Waals surface area contributed by atoms with Crippen LogP contribution in [0, 0.1) is 19.8 Å². The van der Waals surface area contributed by atoms with Gasteiger partial charge >= 0.3 is 0 Å². The molecule has 36 heavy (non-hydrogen) atoms. The average Bonchev–Trinajstić information content (AvgIpc) is 3.55. The van der Waals surface area contributed by atoms with Crippen molar-refractivity contribution in [2.75, 3.05) is 13.1 Å². The summed E-state index contributed by atoms with van der Waals surface area (Å²) in [6, 6.07) is 7.90. The SMILES string of the molecule is Cc1n[nH]c(C)c1-c1ccc(-n2ncc3c(=O)n(CC4(O)CCN(C(=O)C5CC5)CC4)cnc32)cc1. The third-order valence-corrected chi connectivity index (χ3v) is 7.48. The predicted molar refractivity (Wildman–Crippen MR) is 134 cm³/mol. The Hall–Kier alpha value is -3.79. The van der Waals surface area contributed by atoms with Crippen LogP contribution in [0.4, 0.5) is 0 Å². The third kappa shape index (κ3) is 3.91. The number of aliphatic hydroxyl groups is 1. The Bertz CT molecular complexity index is 1480. The lowest BCUT2D eigenvalue weighted by Crippen LogP contribution is -2.50. The van der Waals surface area contributed by atoms with Gasteiger partial charge in [-0.2, -0.15) is 10.2 Å². The van der Waals surface area contributed by atoms with E-state index >= 15 is 0 Å². The second-order valence-corrected chi connectivity index (χ2v) is 10.2. The summed E-state index contributed by atoms with van der Waals surface area (Å²) in [5.74, 6) is 0.379. The Balaban J connectivity index is 1.22. The van der Waals surface area contributed by atoms with Crippen LogP contribution in [-0.4, -0.2) is 64.1 Å². The number of piperidine rings is 1. The fourth-order valence-corrected chi connectivity index (χ4v) is 5.20. The van der Waals surface area contributed by atoms with E-state index in [4.69, 9.17) is 0 Å². The summed E-state index contributed by atoms with van der Waals surface area (Å²) in [7, 11) is 0. The number of nitrogens with one attached hydrogen (secondary N) is 1. The molecule has 1 amide bonds. The van der Waals surface area contributed by atoms with Crippen LogP contribution in [0.25, 0.3) is 27.8 Å². The topological polar surface area (TPSA) is 122 Å². The van der Waals surface area contributed by atoms with Gasteiger partial charge in [-0.15, -0.1) is 0 Å². The number of likely N-dealkylation sites (tertiary alicyclic amines) is 1. The van der Waals surface area contributed by atoms with E-state index in [1.165, 1.54) is 17.1 Å². The minimum absolute atomic E-state index is 0.142. The van der Waals surface area contributed by atoms with E-state index in [2.05, 4.69) is 20.3 Å². The Morgan fingerprint density at radius 1 is 1.17 bits per heavy atom. The molecular formula is C26H29N7O3. The minimum atomic E-state index is -1.05. The molecule has 10 nitrogen and oxygen atoms in total. The number of hydrogen-bond acceptors (Lipinski definition) is 6. The van der Waals surface area contributed by atoms with Crippen molar-refractivity contribution in [2.24, 2.45) is 5.92 Å². The molecule has 1 aromatic carbocycles. The molecule has 1 aliphatic carbocycles. The average molecular weight is 488 g/mol. The summed E-state index contributed by atoms with van der Waals surface area (Å²) >= 11 is 0. The zero-order valence-corrected chi connectivity index (χ0v) is 20.4. The molecule has 2 N–H and O–H groups in total. The van der Waals surface area contributed by atoms with Crippen molar-refractivity contribution >= 4 is 16.9 Å². The molecule has 186 valence electrons. The maximum Gasteiger partial charge on any atom is 0.264 e. The monoisotopic (exact) mass is 487 g/mol. The van der Waals surface area contributed by atoms with Gasteiger partial charge in [0.05, 0.1) is 29.7 Å². The van der Waals surface area contributed by atoms with Crippen molar-refractivity contribution in [3.8, 4) is 16.8 Å². The maximum atomic E-state index is 13.2. The molecule has 2 fully saturated rings. The minimum Gasteiger partial charge on any atom is -0.388 e. The first-order valence-corrected chi connectivity index (χ1v) is 12.4. The van der Waals surface area contributed by atoms with Crippen LogP contribution in [0.5, 0.6) is 0 Å². The molecule has 0 radical (unpaired) electrons. The third-order valence-electron chi connectivity index (χ3n) is 7.48. The van der Waals surface area contributed by atoms with E-state index in [9.17, 15) is 14.7 Å². The van der Waals surface area contributed by atoms with Crippen LogP contribution in [0.1, 0.15) is 37.1 Å². The number of aromatic nitrogens is 6. The summed E-state index contributed by atoms with van der Waals surface area (Å²) in [6.45, 7) is 5.14. The quantitative estimate of drug-likeness (QED) is 0.446. The Morgan fingerprint density at radius 3 is 2.53 bits per heavy atom. The van der Waals surface area contributed by atoms with Crippen LogP contribution in [0.15, 0.2) is 41.6 Å². The van der Waals surface area contributed by atoms with Gasteiger partial charge < -0.3 is 10.0 Å². The largest absolute Gasteiger partial charge is 0.388 e. The number of carbonyl (C=O) groups is 1. The van der Waals surface area contributed by atoms with E-state index in [0.717, 1.165) is 41.0 Å². The number of nitrogens with zero attached hydrogens (tertiary/aromatic N) is 6. The van der Waals surface area contributed by atoms with E-state index in [1.807, 2.05) is 43.0 Å². The van der Waals surface area contributed by atoms with Gasteiger partial charge in [0.15, 0.2) is 5.65 Å². The summed E-state index contributed by atoms with van der Waals surface area (Å²) in [6.07, 6.45) is 5.84. The maximum absolute atomic E-state index is 13.2. The van der Waals surface area contributed by atoms with Gasteiger partial charge in [0.25, 0.3) is 5.56 Å². The molecule has 0 unspecified atom stereocenters. The van der Waals surface area contributed by atoms with Gasteiger partial charge in [0, 0.05) is 30.3 Å². The van der Waals surface area contributed by atoms with Crippen LogP contribution in [0.3, 0.4) is 0 Å². The second-order valence-electron chi connectivity index (χ2n) is 10.2. The van der Waals surface area contributed by atoms with Gasteiger partial charge in [-0.05, 0) is 57.2 Å². The molecule has 1 saturated carbocycles. The van der Waals surface area contributed by atoms with Crippen LogP contribution in [-0.2, 0) is 11.3 Å². The smallest absolute Gasteiger partial charge is 0.264 e. The van der Waals surface area contributed by atoms with Crippen molar-refractivity contribution < 1.29 is 9.90 Å². The molecule has 10 heteroatoms. The molecule has 0 bridgehead atoms. The van der Waals surface area contributed by atoms with Crippen LogP contribution >= 0.6 is 0 Å². The Labute approximate surface area is 207 Å². The highest BCUT2D eigenvalue weighted by atomic mass is 16.3. The zero-order valence-electron chi connectivity index (χ0n) is 20.4. The highest BCUT2D eigenvalue weighted by Crippen LogP contribution is 2.33. The first-order valence-electron chi connectivity index (χ1n) is 12.4. The van der Waals surface area contributed by atoms with Crippen molar-refractivity contribution in [3.05, 3.63) is 58.5 Å². The number of fused-ring (bicyclic) bond motifs is 1.